The molecule has 0 atom stereocenters. The van der Waals surface area contributed by atoms with Gasteiger partial charge in [0.25, 0.3) is 5.91 Å². The molecule has 0 bridgehead atoms. The second-order valence-corrected chi connectivity index (χ2v) is 9.26. The van der Waals surface area contributed by atoms with Crippen LogP contribution < -0.4 is 4.90 Å². The van der Waals surface area contributed by atoms with E-state index in [9.17, 15) is 22.8 Å². The Kier molecular flexibility index (Phi) is 5.58. The zero-order chi connectivity index (χ0) is 23.3. The van der Waals surface area contributed by atoms with E-state index in [0.717, 1.165) is 10.5 Å². The molecule has 5 nitrogen and oxygen atoms in total. The van der Waals surface area contributed by atoms with Crippen LogP contribution in [0.25, 0.3) is 10.9 Å². The summed E-state index contributed by atoms with van der Waals surface area (Å²) in [5.74, 6) is -0.469. The van der Waals surface area contributed by atoms with E-state index in [1.54, 1.807) is 44.3 Å². The summed E-state index contributed by atoms with van der Waals surface area (Å²) in [4.78, 5) is 33.1. The zero-order valence-corrected chi connectivity index (χ0v) is 18.6. The lowest BCUT2D eigenvalue weighted by molar-refractivity contribution is -0.123. The predicted molar refractivity (Wildman–Crippen MR) is 118 cm³/mol. The number of hydrogen-bond donors (Lipinski definition) is 0. The number of amides is 3. The number of urea groups is 1. The van der Waals surface area contributed by atoms with E-state index in [2.05, 4.69) is 4.98 Å². The Balaban J connectivity index is 1.66. The molecule has 4 rings (SSSR count). The fourth-order valence-corrected chi connectivity index (χ4v) is 4.49. The van der Waals surface area contributed by atoms with Crippen LogP contribution in [0.1, 0.15) is 19.4 Å². The number of aromatic nitrogens is 1. The molecule has 1 saturated heterocycles. The lowest BCUT2D eigenvalue weighted by Gasteiger charge is -2.28. The average molecular weight is 480 g/mol. The fourth-order valence-electron chi connectivity index (χ4n) is 3.66. The van der Waals surface area contributed by atoms with Crippen LogP contribution in [0.15, 0.2) is 59.6 Å². The summed E-state index contributed by atoms with van der Waals surface area (Å²) in [5, 5.41) is 1.18. The van der Waals surface area contributed by atoms with Gasteiger partial charge in [0.15, 0.2) is 0 Å². The van der Waals surface area contributed by atoms with Gasteiger partial charge >= 0.3 is 11.5 Å². The van der Waals surface area contributed by atoms with Crippen LogP contribution in [-0.2, 0) is 11.3 Å². The Hall–Kier alpha value is -2.78. The topological polar surface area (TPSA) is 53.5 Å². The standard InChI is InChI=1S/C22H17ClF3N3O2S/c1-21(2)19(30)29(14-6-8-15(9-7-14)32-22(24,25)26)20(31)28(21)12-13-10-11-27-17-5-3-4-16(23)18(13)17/h3-11H,12H2,1-2H3. The van der Waals surface area contributed by atoms with Crippen molar-refractivity contribution < 1.29 is 22.8 Å². The van der Waals surface area contributed by atoms with Gasteiger partial charge in [-0.1, -0.05) is 17.7 Å². The number of hydrogen-bond acceptors (Lipinski definition) is 4. The Morgan fingerprint density at radius 1 is 1.06 bits per heavy atom. The number of thioether (sulfide) groups is 1. The lowest BCUT2D eigenvalue weighted by atomic mass is 10.0. The molecule has 1 aliphatic rings. The van der Waals surface area contributed by atoms with Crippen LogP contribution in [0.4, 0.5) is 23.7 Å². The third kappa shape index (κ3) is 4.02. The minimum absolute atomic E-state index is 0.0330. The zero-order valence-electron chi connectivity index (χ0n) is 17.0. The largest absolute Gasteiger partial charge is 0.446 e. The van der Waals surface area contributed by atoms with E-state index in [-0.39, 0.29) is 28.9 Å². The minimum atomic E-state index is -4.42. The normalized spacial score (nSPS) is 16.3. The lowest BCUT2D eigenvalue weighted by Crippen LogP contribution is -2.43. The molecule has 1 fully saturated rings. The number of benzene rings is 2. The van der Waals surface area contributed by atoms with Crippen molar-refractivity contribution in [2.45, 2.75) is 36.3 Å². The molecule has 0 saturated carbocycles. The van der Waals surface area contributed by atoms with E-state index < -0.39 is 23.0 Å². The number of nitrogens with zero attached hydrogens (tertiary/aromatic N) is 3. The van der Waals surface area contributed by atoms with Crippen LogP contribution >= 0.6 is 23.4 Å². The number of pyridine rings is 1. The minimum Gasteiger partial charge on any atom is -0.305 e. The highest BCUT2D eigenvalue weighted by atomic mass is 35.5. The molecule has 3 amide bonds. The summed E-state index contributed by atoms with van der Waals surface area (Å²) in [7, 11) is 0. The second-order valence-electron chi connectivity index (χ2n) is 7.71. The molecule has 2 heterocycles. The van der Waals surface area contributed by atoms with Gasteiger partial charge in [-0.25, -0.2) is 9.69 Å². The van der Waals surface area contributed by atoms with Gasteiger partial charge < -0.3 is 4.90 Å². The number of carbonyl (C=O) groups is 2. The Morgan fingerprint density at radius 3 is 2.41 bits per heavy atom. The monoisotopic (exact) mass is 479 g/mol. The molecule has 0 spiro atoms. The van der Waals surface area contributed by atoms with Crippen molar-refractivity contribution in [3.05, 3.63) is 65.3 Å². The van der Waals surface area contributed by atoms with Crippen molar-refractivity contribution >= 4 is 51.9 Å². The molecule has 0 unspecified atom stereocenters. The number of fused-ring (bicyclic) bond motifs is 1. The van der Waals surface area contributed by atoms with Gasteiger partial charge in [-0.2, -0.15) is 13.2 Å². The van der Waals surface area contributed by atoms with Crippen molar-refractivity contribution in [1.82, 2.24) is 9.88 Å². The predicted octanol–water partition coefficient (Wildman–Crippen LogP) is 6.25. The van der Waals surface area contributed by atoms with Gasteiger partial charge in [0.2, 0.25) is 0 Å². The molecule has 0 radical (unpaired) electrons. The van der Waals surface area contributed by atoms with Gasteiger partial charge in [0.05, 0.1) is 16.2 Å². The van der Waals surface area contributed by atoms with Gasteiger partial charge in [0.1, 0.15) is 5.54 Å². The molecule has 0 aliphatic carbocycles. The number of rotatable bonds is 4. The maximum Gasteiger partial charge on any atom is 0.446 e. The molecule has 0 N–H and O–H groups in total. The van der Waals surface area contributed by atoms with Crippen molar-refractivity contribution in [2.75, 3.05) is 4.90 Å². The first-order chi connectivity index (χ1) is 15.0. The summed E-state index contributed by atoms with van der Waals surface area (Å²) < 4.78 is 37.8. The fraction of sp³-hybridized carbons (Fsp3) is 0.227. The molecule has 2 aromatic carbocycles. The molecule has 166 valence electrons. The van der Waals surface area contributed by atoms with E-state index >= 15 is 0 Å². The van der Waals surface area contributed by atoms with E-state index in [1.807, 2.05) is 0 Å². The molecule has 10 heteroatoms. The Morgan fingerprint density at radius 2 is 1.75 bits per heavy atom. The van der Waals surface area contributed by atoms with E-state index in [4.69, 9.17) is 11.6 Å². The summed E-state index contributed by atoms with van der Waals surface area (Å²) in [6.07, 6.45) is 1.61. The quantitative estimate of drug-likeness (QED) is 0.328. The molecule has 1 aromatic heterocycles. The maximum atomic E-state index is 13.3. The number of anilines is 1. The van der Waals surface area contributed by atoms with E-state index in [1.165, 1.54) is 29.2 Å². The Labute approximate surface area is 191 Å². The third-order valence-corrected chi connectivity index (χ3v) is 6.34. The summed E-state index contributed by atoms with van der Waals surface area (Å²) in [6.45, 7) is 3.37. The van der Waals surface area contributed by atoms with Gasteiger partial charge in [-0.15, -0.1) is 0 Å². The van der Waals surface area contributed by atoms with Crippen molar-refractivity contribution in [3.63, 3.8) is 0 Å². The highest BCUT2D eigenvalue weighted by molar-refractivity contribution is 8.00. The molecule has 1 aliphatic heterocycles. The average Bonchev–Trinajstić information content (AvgIpc) is 2.87. The van der Waals surface area contributed by atoms with Crippen LogP contribution in [0.5, 0.6) is 0 Å². The summed E-state index contributed by atoms with van der Waals surface area (Å²) >= 11 is 6.11. The van der Waals surface area contributed by atoms with Gasteiger partial charge in [0, 0.05) is 23.0 Å². The maximum absolute atomic E-state index is 13.3. The van der Waals surface area contributed by atoms with Gasteiger partial charge in [-0.3, -0.25) is 9.78 Å². The summed E-state index contributed by atoms with van der Waals surface area (Å²) in [6, 6.07) is 11.6. The highest BCUT2D eigenvalue weighted by Gasteiger charge is 2.51. The van der Waals surface area contributed by atoms with Crippen LogP contribution in [0.3, 0.4) is 0 Å². The smallest absolute Gasteiger partial charge is 0.305 e. The highest BCUT2D eigenvalue weighted by Crippen LogP contribution is 2.39. The van der Waals surface area contributed by atoms with Crippen molar-refractivity contribution in [2.24, 2.45) is 0 Å². The molecular formula is C22H17ClF3N3O2S. The van der Waals surface area contributed by atoms with Crippen LogP contribution in [0.2, 0.25) is 5.02 Å². The number of halogens is 4. The number of carbonyl (C=O) groups excluding carboxylic acids is 2. The SMILES string of the molecule is CC1(C)C(=O)N(c2ccc(SC(F)(F)F)cc2)C(=O)N1Cc1ccnc2cccc(Cl)c12. The van der Waals surface area contributed by atoms with Crippen molar-refractivity contribution in [3.8, 4) is 0 Å². The molecule has 32 heavy (non-hydrogen) atoms. The third-order valence-electron chi connectivity index (χ3n) is 5.28. The van der Waals surface area contributed by atoms with Crippen LogP contribution in [0, 0.1) is 0 Å². The van der Waals surface area contributed by atoms with Gasteiger partial charge in [-0.05, 0) is 73.6 Å². The number of imide groups is 1. The molecule has 3 aromatic rings. The second kappa shape index (κ2) is 7.97. The van der Waals surface area contributed by atoms with E-state index in [0.29, 0.717) is 15.9 Å². The van der Waals surface area contributed by atoms with Crippen molar-refractivity contribution in [1.29, 1.82) is 0 Å². The van der Waals surface area contributed by atoms with Crippen LogP contribution in [-0.4, -0.2) is 32.9 Å². The first-order valence-corrected chi connectivity index (χ1v) is 10.7. The number of alkyl halides is 3. The molecular weight excluding hydrogens is 463 g/mol. The summed E-state index contributed by atoms with van der Waals surface area (Å²) in [5.41, 5.74) is -3.99. The Bertz CT molecular complexity index is 1210. The first-order valence-electron chi connectivity index (χ1n) is 9.53. The first kappa shape index (κ1) is 22.4.